The Labute approximate surface area is 198 Å². The number of anilines is 2. The van der Waals surface area contributed by atoms with Crippen molar-refractivity contribution < 1.29 is 23.2 Å². The average Bonchev–Trinajstić information content (AvgIpc) is 3.39. The number of nitrogens with zero attached hydrogens (tertiary/aromatic N) is 4. The highest BCUT2D eigenvalue weighted by molar-refractivity contribution is 7.92. The summed E-state index contributed by atoms with van der Waals surface area (Å²) in [6, 6.07) is 5.45. The number of fused-ring (bicyclic) bond motifs is 2. The summed E-state index contributed by atoms with van der Waals surface area (Å²) < 4.78 is 40.1. The number of aromatic nitrogens is 3. The molecule has 0 unspecified atom stereocenters. The molecule has 0 radical (unpaired) electrons. The molecule has 5 rings (SSSR count). The molecule has 1 N–H and O–H groups in total. The largest absolute Gasteiger partial charge is 0.494 e. The molecule has 0 amide bonds. The SMILES string of the molecule is COc1c(N=S(C)(C)=O)cc2ncnc(Nc3cccnc3O[C@@H]3CO[C@@H]4CCO[C@@H]43)c2c1C. The van der Waals surface area contributed by atoms with Crippen LogP contribution in [0.5, 0.6) is 11.6 Å². The average molecular weight is 486 g/mol. The van der Waals surface area contributed by atoms with Gasteiger partial charge in [-0.2, -0.15) is 4.36 Å². The summed E-state index contributed by atoms with van der Waals surface area (Å²) in [6.45, 7) is 3.04. The first-order chi connectivity index (χ1) is 16.3. The molecule has 0 saturated carbocycles. The van der Waals surface area contributed by atoms with Gasteiger partial charge in [0.2, 0.25) is 5.88 Å². The van der Waals surface area contributed by atoms with Crippen LogP contribution in [0.25, 0.3) is 10.9 Å². The number of nitrogens with one attached hydrogen (secondary N) is 1. The van der Waals surface area contributed by atoms with Crippen LogP contribution in [0.4, 0.5) is 17.2 Å². The zero-order valence-corrected chi connectivity index (χ0v) is 20.3. The van der Waals surface area contributed by atoms with E-state index in [1.54, 1.807) is 31.9 Å². The summed E-state index contributed by atoms with van der Waals surface area (Å²) in [4.78, 5) is 13.3. The van der Waals surface area contributed by atoms with Gasteiger partial charge in [-0.3, -0.25) is 0 Å². The molecular formula is C23H27N5O5S. The van der Waals surface area contributed by atoms with Gasteiger partial charge in [-0.25, -0.2) is 19.2 Å². The van der Waals surface area contributed by atoms with Gasteiger partial charge in [0, 0.05) is 46.0 Å². The molecule has 3 aromatic rings. The molecule has 3 atom stereocenters. The van der Waals surface area contributed by atoms with Gasteiger partial charge in [0.05, 0.1) is 25.3 Å². The van der Waals surface area contributed by atoms with Crippen LogP contribution in [-0.4, -0.2) is 70.3 Å². The fourth-order valence-corrected chi connectivity index (χ4v) is 5.03. The first kappa shape index (κ1) is 22.8. The van der Waals surface area contributed by atoms with E-state index in [1.165, 1.54) is 6.33 Å². The third-order valence-electron chi connectivity index (χ3n) is 5.83. The molecule has 180 valence electrons. The van der Waals surface area contributed by atoms with Crippen LogP contribution in [0.3, 0.4) is 0 Å². The number of benzene rings is 1. The van der Waals surface area contributed by atoms with Crippen LogP contribution >= 0.6 is 0 Å². The van der Waals surface area contributed by atoms with E-state index >= 15 is 0 Å². The monoisotopic (exact) mass is 485 g/mol. The number of ether oxygens (including phenoxy) is 4. The van der Waals surface area contributed by atoms with Crippen molar-refractivity contribution in [2.24, 2.45) is 4.36 Å². The van der Waals surface area contributed by atoms with Gasteiger partial charge < -0.3 is 24.3 Å². The molecule has 2 aromatic heterocycles. The Kier molecular flexibility index (Phi) is 6.00. The van der Waals surface area contributed by atoms with Gasteiger partial charge in [0.1, 0.15) is 35.4 Å². The molecule has 0 spiro atoms. The molecule has 1 aromatic carbocycles. The first-order valence-electron chi connectivity index (χ1n) is 11.0. The molecule has 34 heavy (non-hydrogen) atoms. The predicted molar refractivity (Wildman–Crippen MR) is 129 cm³/mol. The summed E-state index contributed by atoms with van der Waals surface area (Å²) >= 11 is 0. The summed E-state index contributed by atoms with van der Waals surface area (Å²) in [5.41, 5.74) is 2.57. The highest BCUT2D eigenvalue weighted by Crippen LogP contribution is 2.40. The quantitative estimate of drug-likeness (QED) is 0.561. The van der Waals surface area contributed by atoms with Crippen LogP contribution < -0.4 is 14.8 Å². The van der Waals surface area contributed by atoms with E-state index in [4.69, 9.17) is 18.9 Å². The number of pyridine rings is 1. The number of hydrogen-bond acceptors (Lipinski definition) is 10. The molecule has 10 nitrogen and oxygen atoms in total. The van der Waals surface area contributed by atoms with E-state index in [0.29, 0.717) is 47.6 Å². The minimum Gasteiger partial charge on any atom is -0.494 e. The lowest BCUT2D eigenvalue weighted by molar-refractivity contribution is 0.0293. The van der Waals surface area contributed by atoms with Crippen molar-refractivity contribution >= 4 is 37.8 Å². The maximum atomic E-state index is 12.3. The van der Waals surface area contributed by atoms with Crippen LogP contribution in [0.15, 0.2) is 35.1 Å². The lowest BCUT2D eigenvalue weighted by atomic mass is 10.1. The third-order valence-corrected chi connectivity index (χ3v) is 6.46. The summed E-state index contributed by atoms with van der Waals surface area (Å²) in [6.07, 6.45) is 6.95. The van der Waals surface area contributed by atoms with Gasteiger partial charge in [0.15, 0.2) is 6.10 Å². The van der Waals surface area contributed by atoms with Crippen molar-refractivity contribution in [2.45, 2.75) is 31.7 Å². The Morgan fingerprint density at radius 1 is 1.24 bits per heavy atom. The van der Waals surface area contributed by atoms with Crippen LogP contribution in [0.1, 0.15) is 12.0 Å². The van der Waals surface area contributed by atoms with Crippen molar-refractivity contribution in [3.8, 4) is 11.6 Å². The van der Waals surface area contributed by atoms with Crippen LogP contribution in [-0.2, 0) is 19.2 Å². The van der Waals surface area contributed by atoms with E-state index in [1.807, 2.05) is 19.1 Å². The Bertz CT molecular complexity index is 1350. The third kappa shape index (κ3) is 4.38. The van der Waals surface area contributed by atoms with Crippen LogP contribution in [0, 0.1) is 6.92 Å². The van der Waals surface area contributed by atoms with Crippen molar-refractivity contribution in [1.29, 1.82) is 0 Å². The van der Waals surface area contributed by atoms with E-state index in [-0.39, 0.29) is 18.3 Å². The van der Waals surface area contributed by atoms with Crippen molar-refractivity contribution in [2.75, 3.05) is 38.2 Å². The lowest BCUT2D eigenvalue weighted by Gasteiger charge is -2.20. The summed E-state index contributed by atoms with van der Waals surface area (Å²) in [5.74, 6) is 1.53. The first-order valence-corrected chi connectivity index (χ1v) is 13.3. The van der Waals surface area contributed by atoms with E-state index in [2.05, 4.69) is 24.6 Å². The second-order valence-electron chi connectivity index (χ2n) is 8.58. The molecule has 2 saturated heterocycles. The normalized spacial score (nSPS) is 21.9. The maximum Gasteiger partial charge on any atom is 0.238 e. The fourth-order valence-electron chi connectivity index (χ4n) is 4.42. The lowest BCUT2D eigenvalue weighted by Crippen LogP contribution is -2.32. The molecule has 2 aliphatic heterocycles. The molecule has 0 aliphatic carbocycles. The van der Waals surface area contributed by atoms with Crippen LogP contribution in [0.2, 0.25) is 0 Å². The maximum absolute atomic E-state index is 12.3. The van der Waals surface area contributed by atoms with Gasteiger partial charge >= 0.3 is 0 Å². The zero-order valence-electron chi connectivity index (χ0n) is 19.5. The Morgan fingerprint density at radius 2 is 2.09 bits per heavy atom. The second-order valence-corrected chi connectivity index (χ2v) is 11.1. The Balaban J connectivity index is 1.52. The van der Waals surface area contributed by atoms with Gasteiger partial charge in [-0.05, 0) is 31.5 Å². The summed E-state index contributed by atoms with van der Waals surface area (Å²) in [5, 5.41) is 4.11. The zero-order chi connectivity index (χ0) is 23.9. The number of rotatable bonds is 6. The fraction of sp³-hybridized carbons (Fsp3) is 0.435. The van der Waals surface area contributed by atoms with Crippen molar-refractivity contribution in [3.63, 3.8) is 0 Å². The van der Waals surface area contributed by atoms with E-state index < -0.39 is 9.73 Å². The second kappa shape index (κ2) is 8.97. The standard InChI is InChI=1S/C23H27N5O5S/c1-13-19-15(10-16(20(13)30-2)28-34(3,4)29)25-12-26-22(19)27-14-6-5-8-24-23(14)33-18-11-32-17-7-9-31-21(17)18/h5-6,8,10,12,17-18,21H,7,9,11H2,1-4H3,(H,25,26,27)/t17-,18-,21+/m1/s1. The highest BCUT2D eigenvalue weighted by Gasteiger charge is 2.43. The minimum absolute atomic E-state index is 0.0755. The summed E-state index contributed by atoms with van der Waals surface area (Å²) in [7, 11) is -0.825. The molecular weight excluding hydrogens is 458 g/mol. The van der Waals surface area contributed by atoms with Crippen molar-refractivity contribution in [1.82, 2.24) is 15.0 Å². The molecule has 4 heterocycles. The Hall–Kier alpha value is -3.02. The number of aryl methyl sites for hydroxylation is 1. The number of hydrogen-bond donors (Lipinski definition) is 1. The highest BCUT2D eigenvalue weighted by atomic mass is 32.2. The Morgan fingerprint density at radius 3 is 2.88 bits per heavy atom. The van der Waals surface area contributed by atoms with Crippen molar-refractivity contribution in [3.05, 3.63) is 36.3 Å². The van der Waals surface area contributed by atoms with E-state index in [0.717, 1.165) is 17.4 Å². The molecule has 11 heteroatoms. The molecule has 0 bridgehead atoms. The van der Waals surface area contributed by atoms with Gasteiger partial charge in [0.25, 0.3) is 0 Å². The van der Waals surface area contributed by atoms with Gasteiger partial charge in [-0.15, -0.1) is 0 Å². The molecule has 2 fully saturated rings. The predicted octanol–water partition coefficient (Wildman–Crippen LogP) is 3.38. The number of methoxy groups -OCH3 is 1. The topological polar surface area (TPSA) is 117 Å². The smallest absolute Gasteiger partial charge is 0.238 e. The molecule has 2 aliphatic rings. The van der Waals surface area contributed by atoms with Gasteiger partial charge in [-0.1, -0.05) is 0 Å². The van der Waals surface area contributed by atoms with E-state index in [9.17, 15) is 4.21 Å². The minimum atomic E-state index is -2.39.